The smallest absolute Gasteiger partial charge is 0.306 e. The molecule has 0 N–H and O–H groups in total. The lowest BCUT2D eigenvalue weighted by Gasteiger charge is -2.18. The highest BCUT2D eigenvalue weighted by molar-refractivity contribution is 5.71. The van der Waals surface area contributed by atoms with Gasteiger partial charge in [0.15, 0.2) is 6.10 Å². The van der Waals surface area contributed by atoms with Crippen LogP contribution < -0.4 is 0 Å². The van der Waals surface area contributed by atoms with Crippen molar-refractivity contribution in [1.82, 2.24) is 0 Å². The molecule has 0 aliphatic heterocycles. The zero-order valence-corrected chi connectivity index (χ0v) is 46.0. The Labute approximate surface area is 433 Å². The summed E-state index contributed by atoms with van der Waals surface area (Å²) >= 11 is 0. The van der Waals surface area contributed by atoms with Gasteiger partial charge in [0, 0.05) is 19.3 Å². The van der Waals surface area contributed by atoms with Gasteiger partial charge < -0.3 is 14.2 Å². The molecule has 1 unspecified atom stereocenters. The van der Waals surface area contributed by atoms with Gasteiger partial charge in [-0.1, -0.05) is 266 Å². The molecule has 1 atom stereocenters. The maximum Gasteiger partial charge on any atom is 0.306 e. The van der Waals surface area contributed by atoms with Crippen LogP contribution in [-0.4, -0.2) is 37.2 Å². The lowest BCUT2D eigenvalue weighted by molar-refractivity contribution is -0.166. The van der Waals surface area contributed by atoms with Crippen molar-refractivity contribution in [2.75, 3.05) is 13.2 Å². The largest absolute Gasteiger partial charge is 0.462 e. The predicted octanol–water partition coefficient (Wildman–Crippen LogP) is 19.9. The standard InChI is InChI=1S/C64H110O6/c1-4-7-10-13-16-18-20-22-23-24-25-26-27-28-29-30-31-32-33-34-35-36-37-38-39-40-41-43-44-46-48-51-54-57-63(66)69-60-61(59-68-62(65)56-53-50-15-12-9-6-3)70-64(67)58-55-52-49-47-45-42-21-19-17-14-11-8-5-2/h8,11,17,19-20,22,24-25,27-28,42,45,49,52,61H,4-7,9-10,12-16,18,21,23,26,29-41,43-44,46-48,50-51,53-60H2,1-3H3/b11-8-,19-17-,22-20-,25-24-,28-27-,45-42-,52-49-. The summed E-state index contributed by atoms with van der Waals surface area (Å²) in [4.78, 5) is 37.7. The minimum atomic E-state index is -0.809. The van der Waals surface area contributed by atoms with Crippen molar-refractivity contribution >= 4 is 17.9 Å². The third kappa shape index (κ3) is 55.5. The van der Waals surface area contributed by atoms with Crippen molar-refractivity contribution in [3.8, 4) is 0 Å². The Hall–Kier alpha value is -3.41. The normalized spacial score (nSPS) is 12.7. The first kappa shape index (κ1) is 66.6. The summed E-state index contributed by atoms with van der Waals surface area (Å²) in [7, 11) is 0. The summed E-state index contributed by atoms with van der Waals surface area (Å²) in [6.45, 7) is 6.39. The van der Waals surface area contributed by atoms with Gasteiger partial charge in [-0.2, -0.15) is 0 Å². The third-order valence-corrected chi connectivity index (χ3v) is 12.6. The van der Waals surface area contributed by atoms with Gasteiger partial charge in [0.1, 0.15) is 13.2 Å². The first-order valence-corrected chi connectivity index (χ1v) is 29.6. The Balaban J connectivity index is 3.98. The minimum Gasteiger partial charge on any atom is -0.462 e. The Morgan fingerprint density at radius 1 is 0.300 bits per heavy atom. The first-order chi connectivity index (χ1) is 34.5. The number of carbonyl (C=O) groups excluding carboxylic acids is 3. The molecule has 0 fully saturated rings. The van der Waals surface area contributed by atoms with E-state index in [-0.39, 0.29) is 31.6 Å². The summed E-state index contributed by atoms with van der Waals surface area (Å²) in [5, 5.41) is 0. The fraction of sp³-hybridized carbons (Fsp3) is 0.734. The Morgan fingerprint density at radius 2 is 0.586 bits per heavy atom. The lowest BCUT2D eigenvalue weighted by atomic mass is 10.0. The topological polar surface area (TPSA) is 78.9 Å². The van der Waals surface area contributed by atoms with Crippen LogP contribution in [0.2, 0.25) is 0 Å². The van der Waals surface area contributed by atoms with Crippen LogP contribution >= 0.6 is 0 Å². The number of esters is 3. The Kier molecular flexibility index (Phi) is 55.3. The van der Waals surface area contributed by atoms with Crippen LogP contribution in [0.1, 0.15) is 284 Å². The summed E-state index contributed by atoms with van der Waals surface area (Å²) in [6.07, 6.45) is 76.6. The van der Waals surface area contributed by atoms with Crippen LogP contribution in [0.15, 0.2) is 85.1 Å². The molecule has 6 nitrogen and oxygen atoms in total. The fourth-order valence-corrected chi connectivity index (χ4v) is 8.23. The van der Waals surface area contributed by atoms with Crippen molar-refractivity contribution in [2.24, 2.45) is 0 Å². The zero-order valence-electron chi connectivity index (χ0n) is 46.0. The number of unbranched alkanes of at least 4 members (excludes halogenated alkanes) is 28. The summed E-state index contributed by atoms with van der Waals surface area (Å²) in [5.41, 5.74) is 0. The molecule has 0 heterocycles. The molecule has 0 aromatic rings. The average molecular weight is 976 g/mol. The molecule has 0 aromatic heterocycles. The highest BCUT2D eigenvalue weighted by Crippen LogP contribution is 2.16. The van der Waals surface area contributed by atoms with Crippen LogP contribution in [-0.2, 0) is 28.6 Å². The Morgan fingerprint density at radius 3 is 0.929 bits per heavy atom. The van der Waals surface area contributed by atoms with Gasteiger partial charge in [0.2, 0.25) is 0 Å². The number of hydrogen-bond acceptors (Lipinski definition) is 6. The monoisotopic (exact) mass is 975 g/mol. The van der Waals surface area contributed by atoms with Gasteiger partial charge in [0.25, 0.3) is 0 Å². The maximum atomic E-state index is 12.7. The van der Waals surface area contributed by atoms with E-state index in [0.717, 1.165) is 77.0 Å². The predicted molar refractivity (Wildman–Crippen MR) is 302 cm³/mol. The van der Waals surface area contributed by atoms with Crippen LogP contribution in [0.3, 0.4) is 0 Å². The van der Waals surface area contributed by atoms with Crippen molar-refractivity contribution in [1.29, 1.82) is 0 Å². The fourth-order valence-electron chi connectivity index (χ4n) is 8.23. The van der Waals surface area contributed by atoms with E-state index in [9.17, 15) is 14.4 Å². The van der Waals surface area contributed by atoms with Gasteiger partial charge >= 0.3 is 17.9 Å². The van der Waals surface area contributed by atoms with E-state index < -0.39 is 12.1 Å². The van der Waals surface area contributed by atoms with Crippen molar-refractivity contribution in [3.63, 3.8) is 0 Å². The van der Waals surface area contributed by atoms with Gasteiger partial charge in [0.05, 0.1) is 0 Å². The van der Waals surface area contributed by atoms with Crippen LogP contribution in [0, 0.1) is 0 Å². The van der Waals surface area contributed by atoms with E-state index in [0.29, 0.717) is 19.3 Å². The number of ether oxygens (including phenoxy) is 3. The van der Waals surface area contributed by atoms with E-state index in [1.54, 1.807) is 0 Å². The van der Waals surface area contributed by atoms with Gasteiger partial charge in [-0.25, -0.2) is 0 Å². The molecule has 0 amide bonds. The molecule has 0 saturated carbocycles. The van der Waals surface area contributed by atoms with Crippen molar-refractivity contribution in [2.45, 2.75) is 290 Å². The molecular weight excluding hydrogens is 865 g/mol. The molecule has 0 spiro atoms. The highest BCUT2D eigenvalue weighted by Gasteiger charge is 2.19. The van der Waals surface area contributed by atoms with Crippen LogP contribution in [0.25, 0.3) is 0 Å². The molecule has 0 rings (SSSR count). The van der Waals surface area contributed by atoms with E-state index in [1.165, 1.54) is 161 Å². The van der Waals surface area contributed by atoms with Crippen molar-refractivity contribution in [3.05, 3.63) is 85.1 Å². The number of allylic oxidation sites excluding steroid dienone is 14. The average Bonchev–Trinajstić information content (AvgIpc) is 3.36. The second-order valence-corrected chi connectivity index (χ2v) is 19.5. The highest BCUT2D eigenvalue weighted by atomic mass is 16.6. The van der Waals surface area contributed by atoms with E-state index >= 15 is 0 Å². The number of hydrogen-bond donors (Lipinski definition) is 0. The maximum absolute atomic E-state index is 12.7. The van der Waals surface area contributed by atoms with Gasteiger partial charge in [-0.05, 0) is 83.5 Å². The SMILES string of the molecule is CC/C=C\C/C=C\C/C=C\C/C=C\CCC(=O)OC(COC(=O)CCCCCCCC)COC(=O)CCCCCCCCCCCCCCCCCCCC/C=C\C/C=C\C/C=C\CCCCCCC. The van der Waals surface area contributed by atoms with E-state index in [2.05, 4.69) is 93.7 Å². The molecule has 70 heavy (non-hydrogen) atoms. The molecule has 0 aromatic carbocycles. The number of carbonyl (C=O) groups is 3. The first-order valence-electron chi connectivity index (χ1n) is 29.6. The molecule has 402 valence electrons. The van der Waals surface area contributed by atoms with Crippen LogP contribution in [0.4, 0.5) is 0 Å². The third-order valence-electron chi connectivity index (χ3n) is 12.6. The second-order valence-electron chi connectivity index (χ2n) is 19.5. The molecule has 0 aliphatic rings. The lowest BCUT2D eigenvalue weighted by Crippen LogP contribution is -2.30. The van der Waals surface area contributed by atoms with E-state index in [1.807, 2.05) is 12.2 Å². The van der Waals surface area contributed by atoms with Crippen LogP contribution in [0.5, 0.6) is 0 Å². The summed E-state index contributed by atoms with van der Waals surface area (Å²) in [6, 6.07) is 0. The molecular formula is C64H110O6. The molecule has 0 saturated heterocycles. The summed E-state index contributed by atoms with van der Waals surface area (Å²) < 4.78 is 16.6. The molecule has 0 aliphatic carbocycles. The molecule has 6 heteroatoms. The van der Waals surface area contributed by atoms with E-state index in [4.69, 9.17) is 14.2 Å². The zero-order chi connectivity index (χ0) is 50.7. The van der Waals surface area contributed by atoms with Gasteiger partial charge in [-0.15, -0.1) is 0 Å². The van der Waals surface area contributed by atoms with Crippen molar-refractivity contribution < 1.29 is 28.6 Å². The quantitative estimate of drug-likeness (QED) is 0.0261. The molecule has 0 bridgehead atoms. The Bertz CT molecular complexity index is 1350. The minimum absolute atomic E-state index is 0.103. The second kappa shape index (κ2) is 58.2. The van der Waals surface area contributed by atoms with Gasteiger partial charge in [-0.3, -0.25) is 14.4 Å². The number of rotatable bonds is 53. The summed E-state index contributed by atoms with van der Waals surface area (Å²) in [5.74, 6) is -0.992. The molecule has 0 radical (unpaired) electrons.